The molecule has 2 N–H and O–H groups in total. The number of rotatable bonds is 2. The maximum atomic E-state index is 6.24. The van der Waals surface area contributed by atoms with Crippen molar-refractivity contribution >= 4 is 5.84 Å². The van der Waals surface area contributed by atoms with Crippen molar-refractivity contribution in [3.05, 3.63) is 35.9 Å². The average Bonchev–Trinajstić information content (AvgIpc) is 2.87. The Labute approximate surface area is 116 Å². The van der Waals surface area contributed by atoms with Gasteiger partial charge in [-0.1, -0.05) is 51.1 Å². The van der Waals surface area contributed by atoms with Crippen molar-refractivity contribution in [3.63, 3.8) is 0 Å². The SMILES string of the molecule is CC12CCC(C1)C(C)(C)C2N=C(N)c1ccccc1. The van der Waals surface area contributed by atoms with Gasteiger partial charge in [0.2, 0.25) is 0 Å². The van der Waals surface area contributed by atoms with Crippen LogP contribution in [0.4, 0.5) is 0 Å². The highest BCUT2D eigenvalue weighted by Crippen LogP contribution is 2.63. The molecule has 2 bridgehead atoms. The van der Waals surface area contributed by atoms with Gasteiger partial charge in [-0.2, -0.15) is 0 Å². The Morgan fingerprint density at radius 3 is 2.47 bits per heavy atom. The smallest absolute Gasteiger partial charge is 0.125 e. The van der Waals surface area contributed by atoms with Crippen LogP contribution in [0.5, 0.6) is 0 Å². The Morgan fingerprint density at radius 1 is 1.21 bits per heavy atom. The van der Waals surface area contributed by atoms with Crippen LogP contribution >= 0.6 is 0 Å². The van der Waals surface area contributed by atoms with E-state index in [9.17, 15) is 0 Å². The van der Waals surface area contributed by atoms with Gasteiger partial charge in [-0.05, 0) is 36.0 Å². The molecule has 0 aromatic heterocycles. The van der Waals surface area contributed by atoms with Gasteiger partial charge in [0.05, 0.1) is 6.04 Å². The lowest BCUT2D eigenvalue weighted by molar-refractivity contribution is 0.142. The summed E-state index contributed by atoms with van der Waals surface area (Å²) >= 11 is 0. The lowest BCUT2D eigenvalue weighted by Gasteiger charge is -2.40. The number of amidine groups is 1. The molecule has 2 fully saturated rings. The van der Waals surface area contributed by atoms with E-state index in [0.29, 0.717) is 17.3 Å². The number of nitrogens with zero attached hydrogens (tertiary/aromatic N) is 1. The van der Waals surface area contributed by atoms with E-state index >= 15 is 0 Å². The molecule has 2 aliphatic rings. The summed E-state index contributed by atoms with van der Waals surface area (Å²) in [5, 5.41) is 0. The van der Waals surface area contributed by atoms with Crippen LogP contribution in [-0.4, -0.2) is 11.9 Å². The molecular weight excluding hydrogens is 232 g/mol. The number of nitrogens with two attached hydrogens (primary N) is 1. The molecule has 0 spiro atoms. The second-order valence-electron chi connectivity index (χ2n) is 7.20. The predicted molar refractivity (Wildman–Crippen MR) is 80.2 cm³/mol. The Morgan fingerprint density at radius 2 is 1.89 bits per heavy atom. The minimum atomic E-state index is 0.284. The van der Waals surface area contributed by atoms with Gasteiger partial charge in [0.1, 0.15) is 5.84 Å². The molecule has 3 unspecified atom stereocenters. The van der Waals surface area contributed by atoms with Crippen LogP contribution in [0, 0.1) is 16.7 Å². The van der Waals surface area contributed by atoms with Crippen molar-refractivity contribution in [2.45, 2.75) is 46.1 Å². The molecule has 0 heterocycles. The van der Waals surface area contributed by atoms with Crippen molar-refractivity contribution in [1.82, 2.24) is 0 Å². The van der Waals surface area contributed by atoms with Crippen LogP contribution in [0.2, 0.25) is 0 Å². The Balaban J connectivity index is 1.94. The predicted octanol–water partition coefficient (Wildman–Crippen LogP) is 3.61. The highest BCUT2D eigenvalue weighted by molar-refractivity contribution is 5.97. The second kappa shape index (κ2) is 4.09. The Kier molecular flexibility index (Phi) is 2.74. The van der Waals surface area contributed by atoms with E-state index in [-0.39, 0.29) is 5.41 Å². The van der Waals surface area contributed by atoms with Gasteiger partial charge in [0.25, 0.3) is 0 Å². The van der Waals surface area contributed by atoms with Crippen LogP contribution in [0.15, 0.2) is 35.3 Å². The zero-order valence-corrected chi connectivity index (χ0v) is 12.2. The van der Waals surface area contributed by atoms with Crippen LogP contribution < -0.4 is 5.73 Å². The normalized spacial score (nSPS) is 36.7. The summed E-state index contributed by atoms with van der Waals surface area (Å²) in [7, 11) is 0. The van der Waals surface area contributed by atoms with E-state index in [1.807, 2.05) is 30.3 Å². The first-order chi connectivity index (χ1) is 8.93. The highest BCUT2D eigenvalue weighted by Gasteiger charge is 2.59. The number of benzene rings is 1. The first-order valence-corrected chi connectivity index (χ1v) is 7.32. The van der Waals surface area contributed by atoms with Crippen molar-refractivity contribution < 1.29 is 0 Å². The minimum absolute atomic E-state index is 0.284. The summed E-state index contributed by atoms with van der Waals surface area (Å²) in [5.41, 5.74) is 7.92. The lowest BCUT2D eigenvalue weighted by Crippen LogP contribution is -2.40. The molecule has 2 nitrogen and oxygen atoms in total. The van der Waals surface area contributed by atoms with Crippen molar-refractivity contribution in [2.24, 2.45) is 27.5 Å². The fraction of sp³-hybridized carbons (Fsp3) is 0.588. The van der Waals surface area contributed by atoms with Crippen LogP contribution in [0.25, 0.3) is 0 Å². The monoisotopic (exact) mass is 256 g/mol. The van der Waals surface area contributed by atoms with Gasteiger partial charge < -0.3 is 5.73 Å². The first-order valence-electron chi connectivity index (χ1n) is 7.32. The zero-order chi connectivity index (χ0) is 13.7. The topological polar surface area (TPSA) is 38.4 Å². The molecule has 0 saturated heterocycles. The van der Waals surface area contributed by atoms with E-state index in [1.54, 1.807) is 0 Å². The first kappa shape index (κ1) is 12.7. The van der Waals surface area contributed by atoms with Crippen LogP contribution in [-0.2, 0) is 0 Å². The average molecular weight is 256 g/mol. The van der Waals surface area contributed by atoms with E-state index < -0.39 is 0 Å². The van der Waals surface area contributed by atoms with Crippen LogP contribution in [0.1, 0.15) is 45.6 Å². The molecule has 2 aliphatic carbocycles. The van der Waals surface area contributed by atoms with Crippen LogP contribution in [0.3, 0.4) is 0 Å². The largest absolute Gasteiger partial charge is 0.383 e. The van der Waals surface area contributed by atoms with Crippen molar-refractivity contribution in [3.8, 4) is 0 Å². The molecule has 102 valence electrons. The Bertz CT molecular complexity index is 498. The third-order valence-corrected chi connectivity index (χ3v) is 5.53. The van der Waals surface area contributed by atoms with E-state index in [1.165, 1.54) is 19.3 Å². The molecule has 0 aliphatic heterocycles. The molecule has 3 atom stereocenters. The third-order valence-electron chi connectivity index (χ3n) is 5.53. The van der Waals surface area contributed by atoms with E-state index in [0.717, 1.165) is 11.5 Å². The summed E-state index contributed by atoms with van der Waals surface area (Å²) in [6, 6.07) is 10.5. The van der Waals surface area contributed by atoms with Gasteiger partial charge in [-0.15, -0.1) is 0 Å². The molecular formula is C17H24N2. The fourth-order valence-corrected chi connectivity index (χ4v) is 4.42. The number of aliphatic imine (C=N–C) groups is 1. The summed E-state index contributed by atoms with van der Waals surface area (Å²) in [6.07, 6.45) is 3.98. The van der Waals surface area contributed by atoms with Gasteiger partial charge >= 0.3 is 0 Å². The van der Waals surface area contributed by atoms with Gasteiger partial charge in [-0.25, -0.2) is 0 Å². The maximum absolute atomic E-state index is 6.24. The molecule has 3 rings (SSSR count). The zero-order valence-electron chi connectivity index (χ0n) is 12.2. The van der Waals surface area contributed by atoms with Crippen molar-refractivity contribution in [2.75, 3.05) is 0 Å². The van der Waals surface area contributed by atoms with Crippen molar-refractivity contribution in [1.29, 1.82) is 0 Å². The number of hydrogen-bond acceptors (Lipinski definition) is 1. The number of hydrogen-bond donors (Lipinski definition) is 1. The maximum Gasteiger partial charge on any atom is 0.125 e. The van der Waals surface area contributed by atoms with Gasteiger partial charge in [0.15, 0.2) is 0 Å². The molecule has 19 heavy (non-hydrogen) atoms. The minimum Gasteiger partial charge on any atom is -0.383 e. The molecule has 1 aromatic carbocycles. The quantitative estimate of drug-likeness (QED) is 0.637. The van der Waals surface area contributed by atoms with Gasteiger partial charge in [-0.3, -0.25) is 4.99 Å². The fourth-order valence-electron chi connectivity index (χ4n) is 4.42. The summed E-state index contributed by atoms with van der Waals surface area (Å²) in [4.78, 5) is 4.95. The summed E-state index contributed by atoms with van der Waals surface area (Å²) < 4.78 is 0. The van der Waals surface area contributed by atoms with Gasteiger partial charge in [0, 0.05) is 5.56 Å². The molecule has 2 heteroatoms. The second-order valence-corrected chi connectivity index (χ2v) is 7.20. The third kappa shape index (κ3) is 1.89. The molecule has 0 amide bonds. The molecule has 1 aromatic rings. The summed E-state index contributed by atoms with van der Waals surface area (Å²) in [6.45, 7) is 7.14. The standard InChI is InChI=1S/C17H24N2/c1-16(2)13-9-10-17(3,11-13)15(16)19-14(18)12-7-5-4-6-8-12/h4-8,13,15H,9-11H2,1-3H3,(H2,18,19). The molecule has 0 radical (unpaired) electrons. The number of fused-ring (bicyclic) bond motifs is 2. The molecule has 2 saturated carbocycles. The highest BCUT2D eigenvalue weighted by atomic mass is 15.0. The lowest BCUT2D eigenvalue weighted by atomic mass is 9.68. The summed E-state index contributed by atoms with van der Waals surface area (Å²) in [5.74, 6) is 1.52. The van der Waals surface area contributed by atoms with E-state index in [4.69, 9.17) is 10.7 Å². The van der Waals surface area contributed by atoms with E-state index in [2.05, 4.69) is 20.8 Å². The Hall–Kier alpha value is -1.31.